The van der Waals surface area contributed by atoms with Gasteiger partial charge in [-0.2, -0.15) is 0 Å². The molecule has 1 aromatic heterocycles. The first kappa shape index (κ1) is 19.8. The summed E-state index contributed by atoms with van der Waals surface area (Å²) in [6, 6.07) is 25.7. The van der Waals surface area contributed by atoms with Crippen molar-refractivity contribution in [2.45, 2.75) is 44.9 Å². The molecule has 0 spiro atoms. The van der Waals surface area contributed by atoms with E-state index in [-0.39, 0.29) is 0 Å². The first-order chi connectivity index (χ1) is 15.4. The van der Waals surface area contributed by atoms with Gasteiger partial charge < -0.3 is 14.6 Å². The molecule has 158 valence electrons. The fourth-order valence-electron chi connectivity index (χ4n) is 4.61. The molecule has 0 radical (unpaired) electrons. The maximum Gasteiger partial charge on any atom is 0.123 e. The normalized spacial score (nSPS) is 15.7. The lowest BCUT2D eigenvalue weighted by Gasteiger charge is -2.28. The zero-order valence-electron chi connectivity index (χ0n) is 17.8. The third-order valence-electron chi connectivity index (χ3n) is 6.20. The molecule has 4 aromatic rings. The van der Waals surface area contributed by atoms with Crippen LogP contribution >= 0.6 is 0 Å². The second-order valence-corrected chi connectivity index (χ2v) is 8.28. The van der Waals surface area contributed by atoms with Gasteiger partial charge in [-0.25, -0.2) is 4.98 Å². The van der Waals surface area contributed by atoms with Gasteiger partial charge >= 0.3 is 0 Å². The summed E-state index contributed by atoms with van der Waals surface area (Å²) >= 11 is 0. The van der Waals surface area contributed by atoms with Crippen LogP contribution < -0.4 is 10.1 Å². The smallest absolute Gasteiger partial charge is 0.123 e. The van der Waals surface area contributed by atoms with Crippen LogP contribution in [0.1, 0.15) is 42.0 Å². The maximum atomic E-state index is 6.22. The number of aryl methyl sites for hydroxylation is 1. The summed E-state index contributed by atoms with van der Waals surface area (Å²) in [6.07, 6.45) is 6.51. The number of imidazole rings is 1. The summed E-state index contributed by atoms with van der Waals surface area (Å²) in [4.78, 5) is 4.49. The average molecular weight is 412 g/mol. The molecule has 0 saturated carbocycles. The van der Waals surface area contributed by atoms with Crippen LogP contribution in [0, 0.1) is 0 Å². The largest absolute Gasteiger partial charge is 0.489 e. The van der Waals surface area contributed by atoms with Gasteiger partial charge in [0.15, 0.2) is 0 Å². The van der Waals surface area contributed by atoms with Gasteiger partial charge in [0.05, 0.1) is 17.4 Å². The summed E-state index contributed by atoms with van der Waals surface area (Å²) in [7, 11) is 0. The first-order valence-electron chi connectivity index (χ1n) is 11.3. The zero-order chi connectivity index (χ0) is 20.9. The lowest BCUT2D eigenvalue weighted by Crippen LogP contribution is -2.27. The van der Waals surface area contributed by atoms with Crippen LogP contribution in [0.25, 0.3) is 11.0 Å². The van der Waals surface area contributed by atoms with E-state index in [1.807, 2.05) is 18.5 Å². The van der Waals surface area contributed by atoms with Gasteiger partial charge in [0.1, 0.15) is 12.4 Å². The van der Waals surface area contributed by atoms with Crippen molar-refractivity contribution in [1.82, 2.24) is 14.9 Å². The van der Waals surface area contributed by atoms with Crippen molar-refractivity contribution in [1.29, 1.82) is 0 Å². The summed E-state index contributed by atoms with van der Waals surface area (Å²) in [6.45, 7) is 2.59. The molecule has 3 aromatic carbocycles. The number of aromatic nitrogens is 2. The maximum absolute atomic E-state index is 6.22. The van der Waals surface area contributed by atoms with Crippen LogP contribution in [0.3, 0.4) is 0 Å². The number of nitrogens with one attached hydrogen (secondary N) is 1. The quantitative estimate of drug-likeness (QED) is 0.380. The van der Waals surface area contributed by atoms with Gasteiger partial charge in [-0.1, -0.05) is 54.6 Å². The van der Waals surface area contributed by atoms with E-state index >= 15 is 0 Å². The SMILES string of the molecule is c1ccc(COc2cccc3c2CCCC3NCCCn2cnc3ccccc32)cc1. The van der Waals surface area contributed by atoms with Crippen LogP contribution in [-0.2, 0) is 19.6 Å². The summed E-state index contributed by atoms with van der Waals surface area (Å²) in [5.41, 5.74) is 6.27. The van der Waals surface area contributed by atoms with Crippen LogP contribution in [-0.4, -0.2) is 16.1 Å². The van der Waals surface area contributed by atoms with Gasteiger partial charge in [0.25, 0.3) is 0 Å². The minimum absolute atomic E-state index is 0.406. The fourth-order valence-corrected chi connectivity index (χ4v) is 4.61. The van der Waals surface area contributed by atoms with E-state index in [1.54, 1.807) is 0 Å². The van der Waals surface area contributed by atoms with E-state index in [0.717, 1.165) is 37.2 Å². The zero-order valence-corrected chi connectivity index (χ0v) is 17.8. The molecule has 0 fully saturated rings. The predicted octanol–water partition coefficient (Wildman–Crippen LogP) is 5.67. The Kier molecular flexibility index (Phi) is 5.99. The summed E-state index contributed by atoms with van der Waals surface area (Å²) in [5.74, 6) is 1.04. The minimum atomic E-state index is 0.406. The molecular formula is C27H29N3O. The van der Waals surface area contributed by atoms with Crippen LogP contribution in [0.15, 0.2) is 79.1 Å². The number of hydrogen-bond acceptors (Lipinski definition) is 3. The molecule has 1 aliphatic carbocycles. The second kappa shape index (κ2) is 9.36. The molecule has 4 nitrogen and oxygen atoms in total. The highest BCUT2D eigenvalue weighted by molar-refractivity contribution is 5.74. The molecule has 1 heterocycles. The molecular weight excluding hydrogens is 382 g/mol. The van der Waals surface area contributed by atoms with Gasteiger partial charge in [-0.15, -0.1) is 0 Å². The Morgan fingerprint density at radius 1 is 0.968 bits per heavy atom. The highest BCUT2D eigenvalue weighted by atomic mass is 16.5. The average Bonchev–Trinajstić information content (AvgIpc) is 3.24. The Bertz CT molecular complexity index is 1140. The topological polar surface area (TPSA) is 39.1 Å². The van der Waals surface area contributed by atoms with Crippen molar-refractivity contribution in [3.05, 3.63) is 95.8 Å². The monoisotopic (exact) mass is 411 g/mol. The number of ether oxygens (including phenoxy) is 1. The molecule has 1 atom stereocenters. The number of hydrogen-bond donors (Lipinski definition) is 1. The number of nitrogens with zero attached hydrogens (tertiary/aromatic N) is 2. The van der Waals surface area contributed by atoms with Crippen molar-refractivity contribution in [2.75, 3.05) is 6.54 Å². The molecule has 0 saturated heterocycles. The Balaban J connectivity index is 1.20. The Hall–Kier alpha value is -3.11. The second-order valence-electron chi connectivity index (χ2n) is 8.28. The van der Waals surface area contributed by atoms with Crippen LogP contribution in [0.2, 0.25) is 0 Å². The number of para-hydroxylation sites is 2. The molecule has 1 aliphatic rings. The van der Waals surface area contributed by atoms with Gasteiger partial charge in [-0.05, 0) is 67.1 Å². The Morgan fingerprint density at radius 3 is 2.77 bits per heavy atom. The van der Waals surface area contributed by atoms with E-state index in [4.69, 9.17) is 4.74 Å². The molecule has 1 N–H and O–H groups in total. The van der Waals surface area contributed by atoms with Gasteiger partial charge in [-0.3, -0.25) is 0 Å². The van der Waals surface area contributed by atoms with Crippen molar-refractivity contribution < 1.29 is 4.74 Å². The Morgan fingerprint density at radius 2 is 1.84 bits per heavy atom. The van der Waals surface area contributed by atoms with Crippen LogP contribution in [0.4, 0.5) is 0 Å². The van der Waals surface area contributed by atoms with Crippen molar-refractivity contribution >= 4 is 11.0 Å². The van der Waals surface area contributed by atoms with Crippen LogP contribution in [0.5, 0.6) is 5.75 Å². The fraction of sp³-hybridized carbons (Fsp3) is 0.296. The van der Waals surface area contributed by atoms with Crippen molar-refractivity contribution in [3.63, 3.8) is 0 Å². The summed E-state index contributed by atoms with van der Waals surface area (Å²) in [5, 5.41) is 3.80. The third kappa shape index (κ3) is 4.49. The standard InChI is InChI=1S/C27H29N3O/c1-2-9-21(10-3-1)19-31-27-16-7-11-22-23(27)12-6-14-24(22)28-17-8-18-30-20-29-25-13-4-5-15-26(25)30/h1-5,7,9-11,13,15-16,20,24,28H,6,8,12,14,17-19H2. The van der Waals surface area contributed by atoms with Gasteiger partial charge in [0.2, 0.25) is 0 Å². The third-order valence-corrected chi connectivity index (χ3v) is 6.20. The van der Waals surface area contributed by atoms with Crippen molar-refractivity contribution in [2.24, 2.45) is 0 Å². The van der Waals surface area contributed by atoms with Gasteiger partial charge in [0, 0.05) is 12.6 Å². The number of benzene rings is 3. The highest BCUT2D eigenvalue weighted by Gasteiger charge is 2.22. The molecule has 4 heteroatoms. The molecule has 0 amide bonds. The van der Waals surface area contributed by atoms with E-state index in [0.29, 0.717) is 12.6 Å². The molecule has 5 rings (SSSR count). The van der Waals surface area contributed by atoms with E-state index in [1.165, 1.54) is 35.0 Å². The van der Waals surface area contributed by atoms with Crippen molar-refractivity contribution in [3.8, 4) is 5.75 Å². The highest BCUT2D eigenvalue weighted by Crippen LogP contribution is 2.35. The predicted molar refractivity (Wildman–Crippen MR) is 125 cm³/mol. The molecule has 1 unspecified atom stereocenters. The molecule has 31 heavy (non-hydrogen) atoms. The Labute approximate surface area is 183 Å². The molecule has 0 bridgehead atoms. The van der Waals surface area contributed by atoms with E-state index < -0.39 is 0 Å². The summed E-state index contributed by atoms with van der Waals surface area (Å²) < 4.78 is 8.47. The minimum Gasteiger partial charge on any atom is -0.489 e. The number of fused-ring (bicyclic) bond motifs is 2. The van der Waals surface area contributed by atoms with E-state index in [9.17, 15) is 0 Å². The first-order valence-corrected chi connectivity index (χ1v) is 11.3. The van der Waals surface area contributed by atoms with E-state index in [2.05, 4.69) is 75.5 Å². The number of rotatable bonds is 8. The lowest BCUT2D eigenvalue weighted by molar-refractivity contribution is 0.299. The lowest BCUT2D eigenvalue weighted by atomic mass is 9.87. The molecule has 0 aliphatic heterocycles.